The second-order valence-electron chi connectivity index (χ2n) is 7.04. The molecule has 2 N–H and O–H groups in total. The fourth-order valence-electron chi connectivity index (χ4n) is 3.81. The molecule has 1 atom stereocenters. The molecule has 4 nitrogen and oxygen atoms in total. The minimum atomic E-state index is 0.110. The van der Waals surface area contributed by atoms with E-state index in [1.54, 1.807) is 0 Å². The summed E-state index contributed by atoms with van der Waals surface area (Å²) in [7, 11) is 2.22. The average Bonchev–Trinajstić information content (AvgIpc) is 3.12. The number of nitrogens with zero attached hydrogens (tertiary/aromatic N) is 1. The number of hydrogen-bond donors (Lipinski definition) is 2. The van der Waals surface area contributed by atoms with E-state index in [0.717, 1.165) is 31.7 Å². The van der Waals surface area contributed by atoms with Gasteiger partial charge in [-0.05, 0) is 44.5 Å². The molecule has 23 heavy (non-hydrogen) atoms. The number of carbonyl (C=O) groups is 1. The van der Waals surface area contributed by atoms with Crippen molar-refractivity contribution in [2.75, 3.05) is 25.5 Å². The van der Waals surface area contributed by atoms with Crippen molar-refractivity contribution >= 4 is 11.6 Å². The number of carbonyl (C=O) groups excluding carboxylic acids is 1. The minimum Gasteiger partial charge on any atom is -0.326 e. The zero-order valence-electron chi connectivity index (χ0n) is 14.2. The summed E-state index contributed by atoms with van der Waals surface area (Å²) >= 11 is 0. The topological polar surface area (TPSA) is 44.4 Å². The first-order chi connectivity index (χ1) is 11.2. The third-order valence-corrected chi connectivity index (χ3v) is 5.32. The number of nitrogens with one attached hydrogen (secondary N) is 2. The summed E-state index contributed by atoms with van der Waals surface area (Å²) in [5, 5.41) is 6.41. The highest BCUT2D eigenvalue weighted by atomic mass is 16.1. The maximum absolute atomic E-state index is 12.4. The van der Waals surface area contributed by atoms with Crippen molar-refractivity contribution in [2.24, 2.45) is 5.92 Å². The van der Waals surface area contributed by atoms with Gasteiger partial charge in [-0.2, -0.15) is 0 Å². The molecule has 1 aromatic rings. The number of rotatable bonds is 5. The lowest BCUT2D eigenvalue weighted by atomic mass is 9.94. The molecule has 1 aliphatic carbocycles. The maximum Gasteiger partial charge on any atom is 0.228 e. The van der Waals surface area contributed by atoms with Gasteiger partial charge in [0.2, 0.25) is 5.91 Å². The average molecular weight is 315 g/mol. The van der Waals surface area contributed by atoms with Gasteiger partial charge in [0.15, 0.2) is 0 Å². The number of benzene rings is 1. The van der Waals surface area contributed by atoms with E-state index < -0.39 is 0 Å². The Morgan fingerprint density at radius 1 is 1.22 bits per heavy atom. The van der Waals surface area contributed by atoms with E-state index in [1.807, 2.05) is 12.1 Å². The normalized spacial score (nSPS) is 22.4. The number of amides is 1. The Morgan fingerprint density at radius 2 is 2.00 bits per heavy atom. The van der Waals surface area contributed by atoms with Crippen LogP contribution in [-0.2, 0) is 11.3 Å². The molecular weight excluding hydrogens is 286 g/mol. The van der Waals surface area contributed by atoms with Crippen molar-refractivity contribution in [3.63, 3.8) is 0 Å². The third kappa shape index (κ3) is 4.33. The van der Waals surface area contributed by atoms with E-state index in [2.05, 4.69) is 34.7 Å². The lowest BCUT2D eigenvalue weighted by Crippen LogP contribution is -2.33. The Hall–Kier alpha value is -1.39. The van der Waals surface area contributed by atoms with Crippen molar-refractivity contribution in [1.29, 1.82) is 0 Å². The maximum atomic E-state index is 12.4. The predicted molar refractivity (Wildman–Crippen MR) is 94.4 cm³/mol. The molecule has 0 radical (unpaired) electrons. The van der Waals surface area contributed by atoms with Crippen molar-refractivity contribution in [2.45, 2.75) is 51.1 Å². The van der Waals surface area contributed by atoms with E-state index in [4.69, 9.17) is 0 Å². The Labute approximate surface area is 139 Å². The molecule has 1 saturated heterocycles. The van der Waals surface area contributed by atoms with Crippen LogP contribution in [0.15, 0.2) is 24.3 Å². The number of para-hydroxylation sites is 1. The van der Waals surface area contributed by atoms with Gasteiger partial charge in [-0.15, -0.1) is 0 Å². The van der Waals surface area contributed by atoms with E-state index in [9.17, 15) is 4.79 Å². The molecule has 1 unspecified atom stereocenters. The van der Waals surface area contributed by atoms with Gasteiger partial charge in [0.25, 0.3) is 0 Å². The van der Waals surface area contributed by atoms with Gasteiger partial charge in [0.1, 0.15) is 0 Å². The second-order valence-corrected chi connectivity index (χ2v) is 7.04. The van der Waals surface area contributed by atoms with Crippen LogP contribution >= 0.6 is 0 Å². The molecule has 4 heteroatoms. The largest absolute Gasteiger partial charge is 0.326 e. The van der Waals surface area contributed by atoms with Crippen molar-refractivity contribution in [1.82, 2.24) is 10.2 Å². The monoisotopic (exact) mass is 315 g/mol. The van der Waals surface area contributed by atoms with E-state index in [-0.39, 0.29) is 11.8 Å². The fraction of sp³-hybridized carbons (Fsp3) is 0.632. The molecular formula is C19H29N3O. The predicted octanol–water partition coefficient (Wildman–Crippen LogP) is 3.00. The van der Waals surface area contributed by atoms with Gasteiger partial charge in [-0.3, -0.25) is 9.69 Å². The van der Waals surface area contributed by atoms with Gasteiger partial charge in [0, 0.05) is 24.8 Å². The van der Waals surface area contributed by atoms with Crippen LogP contribution in [0.3, 0.4) is 0 Å². The third-order valence-electron chi connectivity index (χ3n) is 5.32. The highest BCUT2D eigenvalue weighted by Gasteiger charge is 2.23. The second kappa shape index (κ2) is 7.93. The Balaban J connectivity index is 1.63. The number of anilines is 1. The summed E-state index contributed by atoms with van der Waals surface area (Å²) in [6.45, 7) is 2.66. The molecule has 3 rings (SSSR count). The van der Waals surface area contributed by atoms with Crippen LogP contribution in [0, 0.1) is 5.92 Å². The summed E-state index contributed by atoms with van der Waals surface area (Å²) in [6.07, 6.45) is 7.63. The lowest BCUT2D eigenvalue weighted by molar-refractivity contribution is -0.119. The van der Waals surface area contributed by atoms with Gasteiger partial charge >= 0.3 is 0 Å². The van der Waals surface area contributed by atoms with E-state index in [0.29, 0.717) is 6.04 Å². The van der Waals surface area contributed by atoms with Crippen molar-refractivity contribution in [3.05, 3.63) is 29.8 Å². The zero-order valence-corrected chi connectivity index (χ0v) is 14.2. The molecule has 1 amide bonds. The van der Waals surface area contributed by atoms with Crippen molar-refractivity contribution in [3.8, 4) is 0 Å². The highest BCUT2D eigenvalue weighted by Crippen LogP contribution is 2.25. The van der Waals surface area contributed by atoms with Crippen LogP contribution in [-0.4, -0.2) is 37.0 Å². The molecule has 1 saturated carbocycles. The summed E-state index contributed by atoms with van der Waals surface area (Å²) in [5.41, 5.74) is 2.20. The molecule has 2 fully saturated rings. The fourth-order valence-corrected chi connectivity index (χ4v) is 3.81. The lowest BCUT2D eigenvalue weighted by Gasteiger charge is -2.31. The Kier molecular flexibility index (Phi) is 5.68. The first-order valence-electron chi connectivity index (χ1n) is 9.04. The SMILES string of the molecule is CN(Cc1ccccc1NC(=O)C1CCNC1)C1CCCCC1. The smallest absolute Gasteiger partial charge is 0.228 e. The van der Waals surface area contributed by atoms with Gasteiger partial charge in [-0.25, -0.2) is 0 Å². The van der Waals surface area contributed by atoms with Crippen LogP contribution < -0.4 is 10.6 Å². The molecule has 1 aliphatic heterocycles. The summed E-state index contributed by atoms with van der Waals surface area (Å²) in [6, 6.07) is 8.93. The van der Waals surface area contributed by atoms with E-state index >= 15 is 0 Å². The summed E-state index contributed by atoms with van der Waals surface area (Å²) in [5.74, 6) is 0.266. The Bertz CT molecular complexity index is 519. The standard InChI is InChI=1S/C19H29N3O/c1-22(17-8-3-2-4-9-17)14-16-7-5-6-10-18(16)21-19(23)15-11-12-20-13-15/h5-7,10,15,17,20H,2-4,8-9,11-14H2,1H3,(H,21,23). The van der Waals surface area contributed by atoms with Crippen LogP contribution in [0.2, 0.25) is 0 Å². The van der Waals surface area contributed by atoms with E-state index in [1.165, 1.54) is 37.7 Å². The summed E-state index contributed by atoms with van der Waals surface area (Å²) < 4.78 is 0. The molecule has 0 spiro atoms. The highest BCUT2D eigenvalue weighted by molar-refractivity contribution is 5.93. The quantitative estimate of drug-likeness (QED) is 0.878. The molecule has 2 aliphatic rings. The molecule has 1 aromatic carbocycles. The van der Waals surface area contributed by atoms with Crippen LogP contribution in [0.5, 0.6) is 0 Å². The molecule has 1 heterocycles. The molecule has 0 bridgehead atoms. The molecule has 126 valence electrons. The van der Waals surface area contributed by atoms with Gasteiger partial charge < -0.3 is 10.6 Å². The van der Waals surface area contributed by atoms with Crippen molar-refractivity contribution < 1.29 is 4.79 Å². The summed E-state index contributed by atoms with van der Waals surface area (Å²) in [4.78, 5) is 14.8. The van der Waals surface area contributed by atoms with Gasteiger partial charge in [0.05, 0.1) is 5.92 Å². The van der Waals surface area contributed by atoms with Crippen LogP contribution in [0.25, 0.3) is 0 Å². The minimum absolute atomic E-state index is 0.110. The van der Waals surface area contributed by atoms with Gasteiger partial charge in [-0.1, -0.05) is 37.5 Å². The van der Waals surface area contributed by atoms with Crippen LogP contribution in [0.4, 0.5) is 5.69 Å². The zero-order chi connectivity index (χ0) is 16.1. The first-order valence-corrected chi connectivity index (χ1v) is 9.04. The Morgan fingerprint density at radius 3 is 2.74 bits per heavy atom. The van der Waals surface area contributed by atoms with Crippen LogP contribution in [0.1, 0.15) is 44.1 Å². The first kappa shape index (κ1) is 16.5. The molecule has 0 aromatic heterocycles. The number of hydrogen-bond acceptors (Lipinski definition) is 3.